The zero-order valence-corrected chi connectivity index (χ0v) is 10.9. The van der Waals surface area contributed by atoms with E-state index >= 15 is 0 Å². The number of amides is 3. The summed E-state index contributed by atoms with van der Waals surface area (Å²) in [6.45, 7) is 1.25. The van der Waals surface area contributed by atoms with Crippen LogP contribution in [0.3, 0.4) is 0 Å². The lowest BCUT2D eigenvalue weighted by molar-refractivity contribution is -0.120. The molecule has 98 valence electrons. The standard InChI is InChI=1S/C12H17N3O2S/c16-11(13-5-9-1-2-9)7-15-12(17)14-6-10-3-4-18-8-10/h3-4,8-9H,1-2,5-7H2,(H,13,16)(H2,14,15,17). The van der Waals surface area contributed by atoms with Crippen LogP contribution in [0.4, 0.5) is 4.79 Å². The molecule has 0 spiro atoms. The van der Waals surface area contributed by atoms with Crippen LogP contribution >= 0.6 is 11.3 Å². The first kappa shape index (κ1) is 12.9. The third-order valence-electron chi connectivity index (χ3n) is 2.73. The van der Waals surface area contributed by atoms with Gasteiger partial charge in [0, 0.05) is 13.1 Å². The molecule has 1 saturated carbocycles. The molecule has 1 aliphatic carbocycles. The normalized spacial score (nSPS) is 14.0. The molecule has 5 nitrogen and oxygen atoms in total. The number of hydrogen-bond acceptors (Lipinski definition) is 3. The van der Waals surface area contributed by atoms with Crippen molar-refractivity contribution in [2.24, 2.45) is 5.92 Å². The number of nitrogens with one attached hydrogen (secondary N) is 3. The van der Waals surface area contributed by atoms with E-state index in [1.165, 1.54) is 12.8 Å². The van der Waals surface area contributed by atoms with Crippen LogP contribution in [0.1, 0.15) is 18.4 Å². The minimum Gasteiger partial charge on any atom is -0.354 e. The first-order valence-electron chi connectivity index (χ1n) is 6.03. The van der Waals surface area contributed by atoms with Gasteiger partial charge in [0.05, 0.1) is 6.54 Å². The average Bonchev–Trinajstić information content (AvgIpc) is 3.06. The fraction of sp³-hybridized carbons (Fsp3) is 0.500. The number of carbonyl (C=O) groups excluding carboxylic acids is 2. The maximum Gasteiger partial charge on any atom is 0.315 e. The highest BCUT2D eigenvalue weighted by molar-refractivity contribution is 7.07. The number of carbonyl (C=O) groups is 2. The van der Waals surface area contributed by atoms with Crippen molar-refractivity contribution in [3.63, 3.8) is 0 Å². The minimum absolute atomic E-state index is 0.0300. The summed E-state index contributed by atoms with van der Waals surface area (Å²) in [6.07, 6.45) is 2.41. The molecule has 1 heterocycles. The van der Waals surface area contributed by atoms with E-state index in [0.29, 0.717) is 12.5 Å². The van der Waals surface area contributed by atoms with Gasteiger partial charge in [0.25, 0.3) is 0 Å². The molecule has 3 N–H and O–H groups in total. The predicted octanol–water partition coefficient (Wildman–Crippen LogP) is 1.07. The van der Waals surface area contributed by atoms with Crippen LogP contribution in [-0.2, 0) is 11.3 Å². The molecular formula is C12H17N3O2S. The van der Waals surface area contributed by atoms with E-state index in [1.807, 2.05) is 16.8 Å². The Morgan fingerprint density at radius 3 is 2.78 bits per heavy atom. The van der Waals surface area contributed by atoms with Crippen LogP contribution in [-0.4, -0.2) is 25.0 Å². The summed E-state index contributed by atoms with van der Waals surface area (Å²) in [5.41, 5.74) is 1.06. The predicted molar refractivity (Wildman–Crippen MR) is 70.3 cm³/mol. The second kappa shape index (κ2) is 6.39. The number of thiophene rings is 1. The van der Waals surface area contributed by atoms with Gasteiger partial charge in [-0.25, -0.2) is 4.79 Å². The van der Waals surface area contributed by atoms with Crippen LogP contribution < -0.4 is 16.0 Å². The topological polar surface area (TPSA) is 70.2 Å². The number of rotatable bonds is 6. The van der Waals surface area contributed by atoms with Gasteiger partial charge in [0.2, 0.25) is 5.91 Å². The lowest BCUT2D eigenvalue weighted by Gasteiger charge is -2.07. The van der Waals surface area contributed by atoms with Gasteiger partial charge >= 0.3 is 6.03 Å². The van der Waals surface area contributed by atoms with Gasteiger partial charge < -0.3 is 16.0 Å². The van der Waals surface area contributed by atoms with Crippen LogP contribution in [0.2, 0.25) is 0 Å². The lowest BCUT2D eigenvalue weighted by atomic mass is 10.3. The quantitative estimate of drug-likeness (QED) is 0.721. The first-order valence-corrected chi connectivity index (χ1v) is 6.98. The molecule has 0 aromatic carbocycles. The second-order valence-corrected chi connectivity index (χ2v) is 5.20. The fourth-order valence-electron chi connectivity index (χ4n) is 1.44. The Bertz CT molecular complexity index is 401. The van der Waals surface area contributed by atoms with Crippen molar-refractivity contribution in [1.29, 1.82) is 0 Å². The van der Waals surface area contributed by atoms with Gasteiger partial charge in [0.15, 0.2) is 0 Å². The van der Waals surface area contributed by atoms with E-state index in [9.17, 15) is 9.59 Å². The summed E-state index contributed by atoms with van der Waals surface area (Å²) in [4.78, 5) is 22.8. The van der Waals surface area contributed by atoms with Crippen molar-refractivity contribution < 1.29 is 9.59 Å². The summed E-state index contributed by atoms with van der Waals surface area (Å²) in [5, 5.41) is 11.9. The Kier molecular flexibility index (Phi) is 4.58. The van der Waals surface area contributed by atoms with Crippen molar-refractivity contribution in [2.45, 2.75) is 19.4 Å². The maximum absolute atomic E-state index is 11.4. The summed E-state index contributed by atoms with van der Waals surface area (Å²) in [5.74, 6) is 0.522. The molecule has 0 atom stereocenters. The van der Waals surface area contributed by atoms with E-state index in [-0.39, 0.29) is 18.5 Å². The van der Waals surface area contributed by atoms with Crippen molar-refractivity contribution in [1.82, 2.24) is 16.0 Å². The van der Waals surface area contributed by atoms with E-state index in [0.717, 1.165) is 12.1 Å². The summed E-state index contributed by atoms with van der Waals surface area (Å²) >= 11 is 1.59. The zero-order chi connectivity index (χ0) is 12.8. The fourth-order valence-corrected chi connectivity index (χ4v) is 2.11. The number of hydrogen-bond donors (Lipinski definition) is 3. The highest BCUT2D eigenvalue weighted by Crippen LogP contribution is 2.27. The molecule has 0 saturated heterocycles. The van der Waals surface area contributed by atoms with Gasteiger partial charge in [-0.2, -0.15) is 11.3 Å². The Morgan fingerprint density at radius 1 is 1.28 bits per heavy atom. The van der Waals surface area contributed by atoms with Crippen LogP contribution in [0.25, 0.3) is 0 Å². The highest BCUT2D eigenvalue weighted by atomic mass is 32.1. The molecular weight excluding hydrogens is 250 g/mol. The summed E-state index contributed by atoms with van der Waals surface area (Å²) in [6, 6.07) is 1.63. The molecule has 18 heavy (non-hydrogen) atoms. The molecule has 1 aliphatic rings. The van der Waals surface area contributed by atoms with Gasteiger partial charge in [-0.3, -0.25) is 4.79 Å². The second-order valence-electron chi connectivity index (χ2n) is 4.42. The largest absolute Gasteiger partial charge is 0.354 e. The van der Waals surface area contributed by atoms with Crippen molar-refractivity contribution >= 4 is 23.3 Å². The Morgan fingerprint density at radius 2 is 2.11 bits per heavy atom. The van der Waals surface area contributed by atoms with E-state index in [1.54, 1.807) is 11.3 Å². The van der Waals surface area contributed by atoms with Crippen LogP contribution in [0.15, 0.2) is 16.8 Å². The van der Waals surface area contributed by atoms with Gasteiger partial charge in [0.1, 0.15) is 0 Å². The molecule has 0 bridgehead atoms. The van der Waals surface area contributed by atoms with E-state index in [4.69, 9.17) is 0 Å². The summed E-state index contributed by atoms with van der Waals surface area (Å²) < 4.78 is 0. The van der Waals surface area contributed by atoms with Gasteiger partial charge in [-0.05, 0) is 41.1 Å². The Hall–Kier alpha value is -1.56. The third-order valence-corrected chi connectivity index (χ3v) is 3.46. The molecule has 0 aliphatic heterocycles. The zero-order valence-electron chi connectivity index (χ0n) is 10.1. The molecule has 1 fully saturated rings. The lowest BCUT2D eigenvalue weighted by Crippen LogP contribution is -2.42. The van der Waals surface area contributed by atoms with Gasteiger partial charge in [-0.1, -0.05) is 0 Å². The monoisotopic (exact) mass is 267 g/mol. The molecule has 3 amide bonds. The molecule has 6 heteroatoms. The average molecular weight is 267 g/mol. The molecule has 0 unspecified atom stereocenters. The van der Waals surface area contributed by atoms with Crippen LogP contribution in [0, 0.1) is 5.92 Å². The van der Waals surface area contributed by atoms with Crippen molar-refractivity contribution in [2.75, 3.05) is 13.1 Å². The van der Waals surface area contributed by atoms with Gasteiger partial charge in [-0.15, -0.1) is 0 Å². The molecule has 1 aromatic heterocycles. The molecule has 2 rings (SSSR count). The molecule has 0 radical (unpaired) electrons. The number of urea groups is 1. The Balaban J connectivity index is 1.54. The molecule has 1 aromatic rings. The van der Waals surface area contributed by atoms with Crippen molar-refractivity contribution in [3.05, 3.63) is 22.4 Å². The van der Waals surface area contributed by atoms with E-state index < -0.39 is 0 Å². The SMILES string of the molecule is O=C(CNC(=O)NCc1ccsc1)NCC1CC1. The Labute approximate surface area is 110 Å². The first-order chi connectivity index (χ1) is 8.74. The highest BCUT2D eigenvalue weighted by Gasteiger charge is 2.21. The minimum atomic E-state index is -0.317. The third kappa shape index (κ3) is 4.75. The smallest absolute Gasteiger partial charge is 0.315 e. The van der Waals surface area contributed by atoms with Crippen LogP contribution in [0.5, 0.6) is 0 Å². The van der Waals surface area contributed by atoms with Crippen molar-refractivity contribution in [3.8, 4) is 0 Å². The maximum atomic E-state index is 11.4. The van der Waals surface area contributed by atoms with E-state index in [2.05, 4.69) is 16.0 Å². The summed E-state index contributed by atoms with van der Waals surface area (Å²) in [7, 11) is 0.